The number of likely N-dealkylation sites (tertiary alicyclic amines) is 1. The number of allylic oxidation sites excluding steroid dienone is 1. The number of aryl methyl sites for hydroxylation is 1. The highest BCUT2D eigenvalue weighted by atomic mass is 16.5. The number of carbonyl (C=O) groups excluding carboxylic acids is 2. The second-order valence-electron chi connectivity index (χ2n) is 10.6. The van der Waals surface area contributed by atoms with Crippen LogP contribution in [-0.4, -0.2) is 72.4 Å². The minimum atomic E-state index is -1.76. The Bertz CT molecular complexity index is 1030. The van der Waals surface area contributed by atoms with Crippen molar-refractivity contribution in [2.24, 2.45) is 17.3 Å². The summed E-state index contributed by atoms with van der Waals surface area (Å²) < 4.78 is 10.9. The lowest BCUT2D eigenvalue weighted by Crippen LogP contribution is -2.49. The van der Waals surface area contributed by atoms with Crippen molar-refractivity contribution in [1.29, 1.82) is 5.26 Å². The Morgan fingerprint density at radius 3 is 2.67 bits per heavy atom. The largest absolute Gasteiger partial charge is 0.475 e. The number of alkyl carbamates (subject to hydrolysis) is 1. The Labute approximate surface area is 212 Å². The highest BCUT2D eigenvalue weighted by molar-refractivity contribution is 6.43. The number of amides is 2. The third kappa shape index (κ3) is 6.27. The van der Waals surface area contributed by atoms with Gasteiger partial charge in [-0.05, 0) is 55.4 Å². The van der Waals surface area contributed by atoms with Gasteiger partial charge in [-0.3, -0.25) is 4.79 Å². The maximum atomic E-state index is 13.3. The monoisotopic (exact) mass is 495 g/mol. The number of piperidine rings is 1. The molecule has 36 heavy (non-hydrogen) atoms. The number of hydrogen-bond acceptors (Lipinski definition) is 7. The molecule has 0 bridgehead atoms. The highest BCUT2D eigenvalue weighted by Gasteiger charge is 2.54. The molecule has 2 amide bonds. The minimum Gasteiger partial charge on any atom is -0.447 e. The summed E-state index contributed by atoms with van der Waals surface area (Å²) in [7, 11) is -1.76. The molecule has 4 rings (SSSR count). The predicted molar refractivity (Wildman–Crippen MR) is 132 cm³/mol. The van der Waals surface area contributed by atoms with Gasteiger partial charge >= 0.3 is 13.2 Å². The van der Waals surface area contributed by atoms with Crippen LogP contribution in [0.3, 0.4) is 0 Å². The molecule has 2 aliphatic heterocycles. The van der Waals surface area contributed by atoms with Gasteiger partial charge in [0.1, 0.15) is 18.2 Å². The quantitative estimate of drug-likeness (QED) is 0.285. The molecule has 0 spiro atoms. The number of ether oxygens (including phenoxy) is 2. The zero-order chi connectivity index (χ0) is 25.9. The second-order valence-corrected chi connectivity index (χ2v) is 10.6. The summed E-state index contributed by atoms with van der Waals surface area (Å²) in [6.45, 7) is 5.74. The summed E-state index contributed by atoms with van der Waals surface area (Å²) in [6, 6.07) is 9.35. The molecule has 3 aliphatic rings. The third-order valence-corrected chi connectivity index (χ3v) is 7.67. The van der Waals surface area contributed by atoms with Crippen LogP contribution in [0.5, 0.6) is 0 Å². The number of fused-ring (bicyclic) bond motifs is 1. The number of nitrogens with one attached hydrogen (secondary N) is 1. The standard InChI is InChI=1S/C26H34BN3O6/c1-17-3-5-18(6-4-17)11-23(27(33)34)29-25(32)36-16-22-21-12-19(21)15-30(22)24(31)20(14-28)13-26(2)7-9-35-10-8-26/h3-6,13,19,21-23,33-34H,7-12,15-16H2,1-2H3,(H,29,32)/t19-,21-,22-,23?/m0/s1. The molecule has 1 aromatic rings. The Morgan fingerprint density at radius 2 is 2.03 bits per heavy atom. The number of nitrogens with zero attached hydrogens (tertiary/aromatic N) is 2. The first-order chi connectivity index (χ1) is 17.2. The third-order valence-electron chi connectivity index (χ3n) is 7.67. The highest BCUT2D eigenvalue weighted by Crippen LogP contribution is 2.50. The van der Waals surface area contributed by atoms with E-state index in [1.165, 1.54) is 0 Å². The van der Waals surface area contributed by atoms with E-state index in [9.17, 15) is 24.9 Å². The van der Waals surface area contributed by atoms with Crippen LogP contribution in [0.2, 0.25) is 0 Å². The maximum absolute atomic E-state index is 13.3. The average Bonchev–Trinajstić information content (AvgIpc) is 3.53. The summed E-state index contributed by atoms with van der Waals surface area (Å²) in [5.74, 6) is -0.664. The summed E-state index contributed by atoms with van der Waals surface area (Å²) in [4.78, 5) is 27.5. The number of nitriles is 1. The average molecular weight is 495 g/mol. The lowest BCUT2D eigenvalue weighted by Gasteiger charge is -2.32. The van der Waals surface area contributed by atoms with E-state index in [1.54, 1.807) is 11.0 Å². The SMILES string of the molecule is Cc1ccc(CC(NC(=O)OC[C@H]2[C@H]3C[C@H]3CN2C(=O)C(C#N)=CC2(C)CCOCC2)B(O)O)cc1. The first-order valence-electron chi connectivity index (χ1n) is 12.6. The van der Waals surface area contributed by atoms with Gasteiger partial charge in [0, 0.05) is 19.8 Å². The van der Waals surface area contributed by atoms with E-state index in [-0.39, 0.29) is 41.9 Å². The molecule has 3 N–H and O–H groups in total. The van der Waals surface area contributed by atoms with Crippen LogP contribution in [0.4, 0.5) is 4.79 Å². The van der Waals surface area contributed by atoms with E-state index in [1.807, 2.05) is 38.1 Å². The summed E-state index contributed by atoms with van der Waals surface area (Å²) in [5.41, 5.74) is 1.79. The van der Waals surface area contributed by atoms with Crippen LogP contribution in [0.15, 0.2) is 35.9 Å². The Morgan fingerprint density at radius 1 is 1.33 bits per heavy atom. The van der Waals surface area contributed by atoms with E-state index in [0.29, 0.717) is 25.7 Å². The van der Waals surface area contributed by atoms with Crippen molar-refractivity contribution in [2.45, 2.75) is 51.5 Å². The lowest BCUT2D eigenvalue weighted by atomic mass is 9.76. The molecule has 1 aliphatic carbocycles. The van der Waals surface area contributed by atoms with Crippen LogP contribution in [0.1, 0.15) is 37.3 Å². The second kappa shape index (κ2) is 11.0. The molecule has 2 heterocycles. The molecule has 4 atom stereocenters. The van der Waals surface area contributed by atoms with Crippen molar-refractivity contribution in [3.63, 3.8) is 0 Å². The van der Waals surface area contributed by atoms with Gasteiger partial charge in [-0.2, -0.15) is 5.26 Å². The molecule has 0 aromatic heterocycles. The topological polar surface area (TPSA) is 132 Å². The van der Waals surface area contributed by atoms with E-state index in [0.717, 1.165) is 30.4 Å². The molecule has 1 saturated carbocycles. The van der Waals surface area contributed by atoms with E-state index >= 15 is 0 Å². The van der Waals surface area contributed by atoms with Gasteiger partial charge in [0.2, 0.25) is 0 Å². The molecule has 1 aromatic carbocycles. The van der Waals surface area contributed by atoms with Gasteiger partial charge in [-0.15, -0.1) is 0 Å². The molecule has 2 saturated heterocycles. The van der Waals surface area contributed by atoms with E-state index < -0.39 is 19.2 Å². The normalized spacial score (nSPS) is 25.4. The van der Waals surface area contributed by atoms with Gasteiger partial charge in [-0.1, -0.05) is 42.8 Å². The molecule has 1 unspecified atom stereocenters. The van der Waals surface area contributed by atoms with Gasteiger partial charge in [0.25, 0.3) is 5.91 Å². The zero-order valence-corrected chi connectivity index (χ0v) is 20.9. The Hall–Kier alpha value is -2.87. The van der Waals surface area contributed by atoms with Gasteiger partial charge in [0.15, 0.2) is 0 Å². The lowest BCUT2D eigenvalue weighted by molar-refractivity contribution is -0.129. The van der Waals surface area contributed by atoms with E-state index in [4.69, 9.17) is 9.47 Å². The van der Waals surface area contributed by atoms with Crippen LogP contribution in [-0.2, 0) is 20.7 Å². The zero-order valence-electron chi connectivity index (χ0n) is 20.9. The Balaban J connectivity index is 1.36. The van der Waals surface area contributed by atoms with Crippen LogP contribution in [0, 0.1) is 35.5 Å². The van der Waals surface area contributed by atoms with Crippen LogP contribution >= 0.6 is 0 Å². The molecule has 0 radical (unpaired) electrons. The van der Waals surface area contributed by atoms with Gasteiger partial charge < -0.3 is 29.7 Å². The van der Waals surface area contributed by atoms with Crippen molar-refractivity contribution >= 4 is 19.1 Å². The number of hydrogen-bond donors (Lipinski definition) is 3. The van der Waals surface area contributed by atoms with Crippen molar-refractivity contribution in [3.8, 4) is 6.07 Å². The van der Waals surface area contributed by atoms with Crippen molar-refractivity contribution in [3.05, 3.63) is 47.0 Å². The minimum absolute atomic E-state index is 0.0126. The summed E-state index contributed by atoms with van der Waals surface area (Å²) in [6.07, 6.45) is 3.71. The molecule has 3 fully saturated rings. The molecular weight excluding hydrogens is 461 g/mol. The van der Waals surface area contributed by atoms with Crippen molar-refractivity contribution in [1.82, 2.24) is 10.2 Å². The van der Waals surface area contributed by atoms with Crippen molar-refractivity contribution in [2.75, 3.05) is 26.4 Å². The molecule has 192 valence electrons. The number of benzene rings is 1. The first-order valence-corrected chi connectivity index (χ1v) is 12.6. The molecule has 9 nitrogen and oxygen atoms in total. The smallest absolute Gasteiger partial charge is 0.447 e. The van der Waals surface area contributed by atoms with Gasteiger partial charge in [-0.25, -0.2) is 4.79 Å². The maximum Gasteiger partial charge on any atom is 0.475 e. The van der Waals surface area contributed by atoms with Crippen LogP contribution < -0.4 is 5.32 Å². The van der Waals surface area contributed by atoms with Crippen LogP contribution in [0.25, 0.3) is 0 Å². The van der Waals surface area contributed by atoms with Gasteiger partial charge in [0.05, 0.1) is 12.0 Å². The first kappa shape index (κ1) is 26.2. The number of rotatable bonds is 8. The molecular formula is C26H34BN3O6. The fourth-order valence-electron chi connectivity index (χ4n) is 5.21. The number of carbonyl (C=O) groups is 2. The predicted octanol–water partition coefficient (Wildman–Crippen LogP) is 1.76. The molecule has 10 heteroatoms. The van der Waals surface area contributed by atoms with E-state index in [2.05, 4.69) is 11.4 Å². The van der Waals surface area contributed by atoms with Crippen molar-refractivity contribution < 1.29 is 29.1 Å². The summed E-state index contributed by atoms with van der Waals surface area (Å²) in [5, 5.41) is 31.8. The summed E-state index contributed by atoms with van der Waals surface area (Å²) >= 11 is 0. The Kier molecular flexibility index (Phi) is 8.03. The fraction of sp³-hybridized carbons (Fsp3) is 0.577. The fourth-order valence-corrected chi connectivity index (χ4v) is 5.21.